The average Bonchev–Trinajstić information content (AvgIpc) is 3.54. The van der Waals surface area contributed by atoms with Crippen LogP contribution in [0.2, 0.25) is 0 Å². The summed E-state index contributed by atoms with van der Waals surface area (Å²) in [7, 11) is 0. The third-order valence-corrected chi connectivity index (χ3v) is 10.7. The lowest BCUT2D eigenvalue weighted by atomic mass is 9.46. The first-order valence-electron chi connectivity index (χ1n) is 13.1. The number of fused-ring (bicyclic) bond motifs is 5. The summed E-state index contributed by atoms with van der Waals surface area (Å²) in [5.74, 6) is 0.104. The second kappa shape index (κ2) is 7.63. The SMILES string of the molecule is CCC(=O)N(C1CC1)C(C)C1CC[C@@]2(O)C3=CC(=O)[C@@H]4C[C@@H](O)[C@@H](O)C[C@]4(C)C3CC[C@]12C. The highest BCUT2D eigenvalue weighted by Gasteiger charge is 2.67. The number of aliphatic hydroxyl groups is 3. The van der Waals surface area contributed by atoms with Crippen LogP contribution in [0.4, 0.5) is 0 Å². The smallest absolute Gasteiger partial charge is 0.222 e. The molecular formula is C27H41NO5. The molecule has 0 spiro atoms. The summed E-state index contributed by atoms with van der Waals surface area (Å²) in [6, 6.07) is 0.404. The van der Waals surface area contributed by atoms with Gasteiger partial charge in [-0.2, -0.15) is 0 Å². The molecule has 0 aromatic carbocycles. The van der Waals surface area contributed by atoms with E-state index in [-0.39, 0.29) is 35.5 Å². The van der Waals surface area contributed by atoms with Gasteiger partial charge in [0, 0.05) is 29.8 Å². The number of nitrogens with zero attached hydrogens (tertiary/aromatic N) is 1. The summed E-state index contributed by atoms with van der Waals surface area (Å²) in [6.45, 7) is 8.35. The average molecular weight is 460 g/mol. The Bertz CT molecular complexity index is 882. The molecule has 0 radical (unpaired) electrons. The quantitative estimate of drug-likeness (QED) is 0.600. The number of carbonyl (C=O) groups excluding carboxylic acids is 2. The van der Waals surface area contributed by atoms with Crippen LogP contribution in [-0.2, 0) is 9.59 Å². The number of rotatable bonds is 4. The molecule has 5 rings (SSSR count). The molecular weight excluding hydrogens is 418 g/mol. The summed E-state index contributed by atoms with van der Waals surface area (Å²) in [5.41, 5.74) is -1.05. The Morgan fingerprint density at radius 2 is 1.82 bits per heavy atom. The van der Waals surface area contributed by atoms with Crippen LogP contribution in [0.25, 0.3) is 0 Å². The third kappa shape index (κ3) is 3.16. The van der Waals surface area contributed by atoms with Gasteiger partial charge in [-0.3, -0.25) is 9.59 Å². The van der Waals surface area contributed by atoms with Crippen molar-refractivity contribution >= 4 is 11.7 Å². The fourth-order valence-corrected chi connectivity index (χ4v) is 8.68. The molecule has 0 aliphatic heterocycles. The summed E-state index contributed by atoms with van der Waals surface area (Å²) in [5, 5.41) is 33.1. The van der Waals surface area contributed by atoms with E-state index in [4.69, 9.17) is 0 Å². The van der Waals surface area contributed by atoms with Gasteiger partial charge in [0.2, 0.25) is 5.91 Å². The standard InChI is InChI=1S/C27H41NO5/c1-5-24(32)28(16-6-7-16)15(2)17-9-11-27(33)19-12-21(29)20-13-22(30)23(31)14-25(20,3)18(19)8-10-26(17,27)4/h12,15-18,20,22-23,30-31,33H,5-11,13-14H2,1-4H3/t15?,17?,18?,20-,22+,23-,25+,26+,27+/m0/s1. The van der Waals surface area contributed by atoms with Gasteiger partial charge in [-0.25, -0.2) is 0 Å². The highest BCUT2D eigenvalue weighted by atomic mass is 16.3. The summed E-state index contributed by atoms with van der Waals surface area (Å²) < 4.78 is 0. The fourth-order valence-electron chi connectivity index (χ4n) is 8.68. The van der Waals surface area contributed by atoms with E-state index < -0.39 is 28.6 Å². The Kier molecular flexibility index (Phi) is 5.43. The number of hydrogen-bond donors (Lipinski definition) is 3. The van der Waals surface area contributed by atoms with Crippen LogP contribution in [0.1, 0.15) is 85.5 Å². The third-order valence-electron chi connectivity index (χ3n) is 10.7. The van der Waals surface area contributed by atoms with Gasteiger partial charge in [-0.05, 0) is 87.2 Å². The zero-order chi connectivity index (χ0) is 23.9. The molecule has 3 unspecified atom stereocenters. The van der Waals surface area contributed by atoms with Gasteiger partial charge in [0.05, 0.1) is 17.8 Å². The highest BCUT2D eigenvalue weighted by Crippen LogP contribution is 2.67. The second-order valence-electron chi connectivity index (χ2n) is 12.3. The zero-order valence-corrected chi connectivity index (χ0v) is 20.6. The molecule has 0 aromatic rings. The highest BCUT2D eigenvalue weighted by molar-refractivity contribution is 5.95. The lowest BCUT2D eigenvalue weighted by Crippen LogP contribution is -2.61. The molecule has 6 nitrogen and oxygen atoms in total. The maximum Gasteiger partial charge on any atom is 0.222 e. The van der Waals surface area contributed by atoms with Gasteiger partial charge in [-0.15, -0.1) is 0 Å². The minimum absolute atomic E-state index is 0.00959. The van der Waals surface area contributed by atoms with Crippen molar-refractivity contribution in [1.29, 1.82) is 0 Å². The lowest BCUT2D eigenvalue weighted by molar-refractivity contribution is -0.154. The summed E-state index contributed by atoms with van der Waals surface area (Å²) in [4.78, 5) is 28.2. The molecule has 6 heteroatoms. The van der Waals surface area contributed by atoms with Gasteiger partial charge >= 0.3 is 0 Å². The molecule has 5 aliphatic rings. The van der Waals surface area contributed by atoms with Crippen LogP contribution in [0.5, 0.6) is 0 Å². The van der Waals surface area contributed by atoms with E-state index in [1.165, 1.54) is 0 Å². The molecule has 4 fully saturated rings. The van der Waals surface area contributed by atoms with Crippen LogP contribution in [0, 0.1) is 28.6 Å². The molecule has 0 aromatic heterocycles. The van der Waals surface area contributed by atoms with Crippen molar-refractivity contribution in [3.63, 3.8) is 0 Å². The van der Waals surface area contributed by atoms with Gasteiger partial charge in [0.1, 0.15) is 0 Å². The monoisotopic (exact) mass is 459 g/mol. The predicted octanol–water partition coefficient (Wildman–Crippen LogP) is 2.98. The van der Waals surface area contributed by atoms with Crippen LogP contribution in [-0.4, -0.2) is 61.8 Å². The molecule has 0 bridgehead atoms. The molecule has 5 aliphatic carbocycles. The fraction of sp³-hybridized carbons (Fsp3) is 0.852. The Morgan fingerprint density at radius 3 is 2.45 bits per heavy atom. The Labute approximate surface area is 197 Å². The first-order valence-corrected chi connectivity index (χ1v) is 13.1. The minimum Gasteiger partial charge on any atom is -0.390 e. The molecule has 0 saturated heterocycles. The number of aliphatic hydroxyl groups excluding tert-OH is 2. The Balaban J connectivity index is 1.50. The number of ketones is 1. The lowest BCUT2D eigenvalue weighted by Gasteiger charge is -2.60. The summed E-state index contributed by atoms with van der Waals surface area (Å²) >= 11 is 0. The molecule has 0 heterocycles. The van der Waals surface area contributed by atoms with Crippen molar-refractivity contribution in [2.45, 2.75) is 115 Å². The van der Waals surface area contributed by atoms with Crippen molar-refractivity contribution < 1.29 is 24.9 Å². The van der Waals surface area contributed by atoms with Crippen molar-refractivity contribution in [3.05, 3.63) is 11.6 Å². The number of carbonyl (C=O) groups is 2. The molecule has 9 atom stereocenters. The van der Waals surface area contributed by atoms with Crippen LogP contribution < -0.4 is 0 Å². The largest absolute Gasteiger partial charge is 0.390 e. The van der Waals surface area contributed by atoms with E-state index in [1.54, 1.807) is 6.08 Å². The Morgan fingerprint density at radius 1 is 1.12 bits per heavy atom. The van der Waals surface area contributed by atoms with Gasteiger partial charge < -0.3 is 20.2 Å². The summed E-state index contributed by atoms with van der Waals surface area (Å²) in [6.07, 6.45) is 6.50. The maximum atomic E-state index is 13.3. The molecule has 184 valence electrons. The number of hydrogen-bond acceptors (Lipinski definition) is 5. The van der Waals surface area contributed by atoms with E-state index >= 15 is 0 Å². The van der Waals surface area contributed by atoms with Crippen molar-refractivity contribution in [1.82, 2.24) is 4.90 Å². The normalized spacial score (nSPS) is 47.8. The van der Waals surface area contributed by atoms with Crippen molar-refractivity contribution in [2.24, 2.45) is 28.6 Å². The molecule has 33 heavy (non-hydrogen) atoms. The minimum atomic E-state index is -1.07. The van der Waals surface area contributed by atoms with Crippen LogP contribution in [0.3, 0.4) is 0 Å². The van der Waals surface area contributed by atoms with Crippen molar-refractivity contribution in [3.8, 4) is 0 Å². The Hall–Kier alpha value is -1.24. The van der Waals surface area contributed by atoms with Crippen LogP contribution >= 0.6 is 0 Å². The van der Waals surface area contributed by atoms with E-state index in [0.29, 0.717) is 31.7 Å². The van der Waals surface area contributed by atoms with E-state index in [0.717, 1.165) is 37.7 Å². The molecule has 1 amide bonds. The van der Waals surface area contributed by atoms with E-state index in [9.17, 15) is 24.9 Å². The van der Waals surface area contributed by atoms with Gasteiger partial charge in [0.15, 0.2) is 5.78 Å². The first kappa shape index (κ1) is 23.5. The first-order chi connectivity index (χ1) is 15.5. The maximum absolute atomic E-state index is 13.3. The predicted molar refractivity (Wildman–Crippen MR) is 124 cm³/mol. The zero-order valence-electron chi connectivity index (χ0n) is 20.6. The second-order valence-corrected chi connectivity index (χ2v) is 12.3. The van der Waals surface area contributed by atoms with Crippen molar-refractivity contribution in [2.75, 3.05) is 0 Å². The number of amides is 1. The molecule has 3 N–H and O–H groups in total. The topological polar surface area (TPSA) is 98.1 Å². The van der Waals surface area contributed by atoms with Crippen LogP contribution in [0.15, 0.2) is 11.6 Å². The van der Waals surface area contributed by atoms with Gasteiger partial charge in [0.25, 0.3) is 0 Å². The van der Waals surface area contributed by atoms with E-state index in [2.05, 4.69) is 25.7 Å². The van der Waals surface area contributed by atoms with E-state index in [1.807, 2.05) is 6.92 Å². The van der Waals surface area contributed by atoms with Gasteiger partial charge in [-0.1, -0.05) is 20.8 Å². The number of allylic oxidation sites excluding steroid dienone is 1. The molecule has 4 saturated carbocycles.